The highest BCUT2D eigenvalue weighted by Gasteiger charge is 2.43. The summed E-state index contributed by atoms with van der Waals surface area (Å²) in [7, 11) is 0. The van der Waals surface area contributed by atoms with E-state index in [1.54, 1.807) is 9.80 Å². The molecule has 194 valence electrons. The van der Waals surface area contributed by atoms with Gasteiger partial charge < -0.3 is 25.4 Å². The summed E-state index contributed by atoms with van der Waals surface area (Å²) in [4.78, 5) is 46.5. The Hall–Kier alpha value is -3.41. The van der Waals surface area contributed by atoms with Crippen molar-refractivity contribution in [1.29, 1.82) is 0 Å². The highest BCUT2D eigenvalue weighted by molar-refractivity contribution is 5.79. The number of hydrogen-bond donors (Lipinski definition) is 2. The molecule has 3 N–H and O–H groups in total. The first-order chi connectivity index (χ1) is 16.0. The molecule has 0 aromatic heterocycles. The molecule has 12 heteroatoms. The van der Waals surface area contributed by atoms with Crippen LogP contribution < -0.4 is 5.73 Å². The maximum absolute atomic E-state index is 13.7. The first-order valence-corrected chi connectivity index (χ1v) is 10.5. The molecule has 0 bridgehead atoms. The van der Waals surface area contributed by atoms with Gasteiger partial charge >= 0.3 is 5.97 Å². The first kappa shape index (κ1) is 29.6. The molecule has 3 rings (SSSR count). The monoisotopic (exact) mass is 501 g/mol. The maximum Gasteiger partial charge on any atom is 0.331 e. The van der Waals surface area contributed by atoms with Crippen molar-refractivity contribution in [2.45, 2.75) is 45.7 Å². The fourth-order valence-corrected chi connectivity index (χ4v) is 4.07. The Labute approximate surface area is 201 Å². The topological polar surface area (TPSA) is 130 Å². The molecule has 2 aliphatic heterocycles. The van der Waals surface area contributed by atoms with Gasteiger partial charge in [-0.15, -0.1) is 0 Å². The number of halogens is 3. The standard InChI is InChI=1S/C18H22F3N3O2.C4H4O4.CH4/c1-10(25)23-8-11-2-3-24(17(11)9-23)18(26)6-13(22)4-12-5-15(20)16(21)7-14(12)19;5-3-8-2-1-4(6)7;/h5,7,11,13,17H,2-4,6,8-9,22H2,1H3;1-3H,(H,6,7);1H4/b;2-1+;/t11-,13+,17+;;/m0../s1. The zero-order valence-corrected chi connectivity index (χ0v) is 18.5. The Morgan fingerprint density at radius 1 is 1.20 bits per heavy atom. The molecule has 2 heterocycles. The minimum atomic E-state index is -1.25. The molecule has 2 aliphatic rings. The number of carbonyl (C=O) groups excluding carboxylic acids is 3. The fraction of sp³-hybridized carbons (Fsp3) is 0.478. The average molecular weight is 502 g/mol. The van der Waals surface area contributed by atoms with Gasteiger partial charge in [-0.1, -0.05) is 7.43 Å². The first-order valence-electron chi connectivity index (χ1n) is 10.5. The van der Waals surface area contributed by atoms with Crippen molar-refractivity contribution in [3.05, 3.63) is 47.5 Å². The predicted molar refractivity (Wildman–Crippen MR) is 119 cm³/mol. The highest BCUT2D eigenvalue weighted by Crippen LogP contribution is 2.32. The van der Waals surface area contributed by atoms with Gasteiger partial charge in [0.2, 0.25) is 11.8 Å². The Balaban J connectivity index is 0.000000590. The van der Waals surface area contributed by atoms with E-state index in [9.17, 15) is 32.3 Å². The van der Waals surface area contributed by atoms with Gasteiger partial charge in [-0.2, -0.15) is 0 Å². The Morgan fingerprint density at radius 3 is 2.46 bits per heavy atom. The van der Waals surface area contributed by atoms with E-state index in [0.29, 0.717) is 31.8 Å². The number of amides is 2. The zero-order valence-electron chi connectivity index (χ0n) is 18.5. The maximum atomic E-state index is 13.7. The molecular weight excluding hydrogens is 471 g/mol. The van der Waals surface area contributed by atoms with Crippen molar-refractivity contribution < 1.29 is 42.2 Å². The lowest BCUT2D eigenvalue weighted by molar-refractivity contribution is -0.134. The zero-order chi connectivity index (χ0) is 25.4. The van der Waals surface area contributed by atoms with Crippen LogP contribution in [-0.4, -0.2) is 70.9 Å². The second-order valence-corrected chi connectivity index (χ2v) is 8.03. The second-order valence-electron chi connectivity index (χ2n) is 8.03. The van der Waals surface area contributed by atoms with E-state index in [2.05, 4.69) is 4.74 Å². The smallest absolute Gasteiger partial charge is 0.331 e. The van der Waals surface area contributed by atoms with Gasteiger partial charge in [0, 0.05) is 51.0 Å². The van der Waals surface area contributed by atoms with Crippen molar-refractivity contribution in [3.63, 3.8) is 0 Å². The molecule has 0 aliphatic carbocycles. The van der Waals surface area contributed by atoms with Crippen molar-refractivity contribution in [3.8, 4) is 0 Å². The van der Waals surface area contributed by atoms with Crippen molar-refractivity contribution >= 4 is 24.3 Å². The van der Waals surface area contributed by atoms with Crippen LogP contribution in [0.1, 0.15) is 32.8 Å². The van der Waals surface area contributed by atoms with Gasteiger partial charge in [-0.25, -0.2) is 18.0 Å². The summed E-state index contributed by atoms with van der Waals surface area (Å²) in [6.45, 7) is 3.46. The van der Waals surface area contributed by atoms with Crippen LogP contribution in [0.15, 0.2) is 24.5 Å². The summed E-state index contributed by atoms with van der Waals surface area (Å²) in [5, 5.41) is 7.86. The lowest BCUT2D eigenvalue weighted by Gasteiger charge is -2.26. The number of aliphatic carboxylic acids is 1. The minimum absolute atomic E-state index is 0. The molecule has 0 radical (unpaired) electrons. The lowest BCUT2D eigenvalue weighted by Crippen LogP contribution is -2.42. The van der Waals surface area contributed by atoms with Gasteiger partial charge in [0.05, 0.1) is 12.1 Å². The van der Waals surface area contributed by atoms with Crippen LogP contribution >= 0.6 is 0 Å². The van der Waals surface area contributed by atoms with Gasteiger partial charge in [0.15, 0.2) is 11.6 Å². The van der Waals surface area contributed by atoms with Crippen LogP contribution in [0.3, 0.4) is 0 Å². The quantitative estimate of drug-likeness (QED) is 0.252. The molecule has 0 spiro atoms. The Kier molecular flexibility index (Phi) is 11.4. The summed E-state index contributed by atoms with van der Waals surface area (Å²) in [5.41, 5.74) is 5.90. The molecule has 2 saturated heterocycles. The third kappa shape index (κ3) is 8.39. The number of hydrogen-bond acceptors (Lipinski definition) is 6. The lowest BCUT2D eigenvalue weighted by atomic mass is 10.0. The molecule has 2 fully saturated rings. The third-order valence-corrected chi connectivity index (χ3v) is 5.67. The summed E-state index contributed by atoms with van der Waals surface area (Å²) in [6, 6.07) is 0.562. The number of benzene rings is 1. The molecule has 3 atom stereocenters. The number of carbonyl (C=O) groups is 4. The SMILES string of the molecule is C.CC(=O)N1C[C@@H]2CCN(C(=O)C[C@H](N)Cc3cc(F)c(F)cc3F)[C@@H]2C1.O=CO/C=C/C(=O)O. The third-order valence-electron chi connectivity index (χ3n) is 5.67. The molecule has 1 aromatic carbocycles. The Bertz CT molecular complexity index is 959. The van der Waals surface area contributed by atoms with E-state index in [-0.39, 0.29) is 56.1 Å². The summed E-state index contributed by atoms with van der Waals surface area (Å²) < 4.78 is 43.9. The normalized spacial score (nSPS) is 19.3. The minimum Gasteiger partial charge on any atom is -0.478 e. The van der Waals surface area contributed by atoms with Gasteiger partial charge in [0.25, 0.3) is 6.47 Å². The number of carboxylic acid groups (broad SMARTS) is 1. The van der Waals surface area contributed by atoms with E-state index in [1.807, 2.05) is 0 Å². The highest BCUT2D eigenvalue weighted by atomic mass is 19.2. The number of nitrogens with two attached hydrogens (primary N) is 1. The fourth-order valence-electron chi connectivity index (χ4n) is 4.07. The van der Waals surface area contributed by atoms with E-state index in [1.165, 1.54) is 6.92 Å². The van der Waals surface area contributed by atoms with Crippen LogP contribution in [0.25, 0.3) is 0 Å². The number of rotatable bonds is 7. The summed E-state index contributed by atoms with van der Waals surface area (Å²) >= 11 is 0. The van der Waals surface area contributed by atoms with Gasteiger partial charge in [-0.05, 0) is 24.5 Å². The second kappa shape index (κ2) is 13.5. The molecular formula is C23H30F3N3O6. The number of fused-ring (bicyclic) bond motifs is 1. The van der Waals surface area contributed by atoms with Crippen LogP contribution in [0.2, 0.25) is 0 Å². The van der Waals surface area contributed by atoms with Crippen LogP contribution in [0, 0.1) is 23.4 Å². The van der Waals surface area contributed by atoms with Crippen molar-refractivity contribution in [1.82, 2.24) is 9.80 Å². The summed E-state index contributed by atoms with van der Waals surface area (Å²) in [5.74, 6) is -4.29. The van der Waals surface area contributed by atoms with Crippen molar-refractivity contribution in [2.24, 2.45) is 11.7 Å². The molecule has 1 aromatic rings. The van der Waals surface area contributed by atoms with E-state index >= 15 is 0 Å². The van der Waals surface area contributed by atoms with Gasteiger partial charge in [-0.3, -0.25) is 14.4 Å². The van der Waals surface area contributed by atoms with E-state index in [0.717, 1.165) is 18.7 Å². The molecule has 35 heavy (non-hydrogen) atoms. The largest absolute Gasteiger partial charge is 0.478 e. The average Bonchev–Trinajstić information content (AvgIpc) is 3.33. The Morgan fingerprint density at radius 2 is 1.86 bits per heavy atom. The van der Waals surface area contributed by atoms with Crippen LogP contribution in [0.4, 0.5) is 13.2 Å². The predicted octanol–water partition coefficient (Wildman–Crippen LogP) is 1.84. The number of ether oxygens (including phenoxy) is 1. The molecule has 0 unspecified atom stereocenters. The molecule has 9 nitrogen and oxygen atoms in total. The van der Waals surface area contributed by atoms with Crippen LogP contribution in [-0.2, 0) is 30.3 Å². The van der Waals surface area contributed by atoms with E-state index in [4.69, 9.17) is 10.8 Å². The van der Waals surface area contributed by atoms with Gasteiger partial charge in [0.1, 0.15) is 12.1 Å². The van der Waals surface area contributed by atoms with Crippen LogP contribution in [0.5, 0.6) is 0 Å². The molecule has 2 amide bonds. The number of likely N-dealkylation sites (tertiary alicyclic amines) is 2. The van der Waals surface area contributed by atoms with Crippen molar-refractivity contribution in [2.75, 3.05) is 19.6 Å². The number of carboxylic acids is 1. The van der Waals surface area contributed by atoms with E-state index < -0.39 is 29.5 Å². The number of nitrogens with zero attached hydrogens (tertiary/aromatic N) is 2. The summed E-state index contributed by atoms with van der Waals surface area (Å²) in [6.07, 6.45) is 2.27. The molecule has 0 saturated carbocycles.